The van der Waals surface area contributed by atoms with Crippen molar-refractivity contribution in [3.63, 3.8) is 0 Å². The molecule has 1 aliphatic rings. The molecule has 220 valence electrons. The van der Waals surface area contributed by atoms with Crippen LogP contribution in [-0.4, -0.2) is 70.7 Å². The fourth-order valence-corrected chi connectivity index (χ4v) is 5.38. The minimum Gasteiger partial charge on any atom is -0.459 e. The molecular formula is C31H37N7O4. The summed E-state index contributed by atoms with van der Waals surface area (Å²) in [5.41, 5.74) is 5.77. The van der Waals surface area contributed by atoms with Crippen LogP contribution < -0.4 is 10.2 Å². The second-order valence-corrected chi connectivity index (χ2v) is 11.3. The Morgan fingerprint density at radius 3 is 2.71 bits per heavy atom. The van der Waals surface area contributed by atoms with E-state index in [9.17, 15) is 14.9 Å². The molecule has 0 saturated heterocycles. The lowest BCUT2D eigenvalue weighted by Gasteiger charge is -2.22. The first-order valence-corrected chi connectivity index (χ1v) is 14.1. The highest BCUT2D eigenvalue weighted by Crippen LogP contribution is 2.38. The van der Waals surface area contributed by atoms with Crippen molar-refractivity contribution in [3.05, 3.63) is 69.5 Å². The third kappa shape index (κ3) is 5.78. The third-order valence-corrected chi connectivity index (χ3v) is 7.49. The summed E-state index contributed by atoms with van der Waals surface area (Å²) >= 11 is 0. The minimum atomic E-state index is -0.504. The quantitative estimate of drug-likeness (QED) is 0.148. The van der Waals surface area contributed by atoms with E-state index in [1.165, 1.54) is 17.8 Å². The predicted molar refractivity (Wildman–Crippen MR) is 165 cm³/mol. The summed E-state index contributed by atoms with van der Waals surface area (Å²) in [6.45, 7) is 7.75. The van der Waals surface area contributed by atoms with E-state index in [4.69, 9.17) is 9.72 Å². The van der Waals surface area contributed by atoms with Crippen molar-refractivity contribution < 1.29 is 14.5 Å². The molecule has 1 N–H and O–H groups in total. The molecule has 0 amide bonds. The van der Waals surface area contributed by atoms with Crippen LogP contribution >= 0.6 is 0 Å². The second-order valence-electron chi connectivity index (χ2n) is 11.3. The van der Waals surface area contributed by atoms with Gasteiger partial charge in [-0.1, -0.05) is 18.2 Å². The Balaban J connectivity index is 1.58. The van der Waals surface area contributed by atoms with E-state index >= 15 is 0 Å². The summed E-state index contributed by atoms with van der Waals surface area (Å²) in [5.74, 6) is -0.278. The van der Waals surface area contributed by atoms with Crippen molar-refractivity contribution in [1.82, 2.24) is 19.4 Å². The number of aryl methyl sites for hydroxylation is 3. The van der Waals surface area contributed by atoms with Gasteiger partial charge in [0, 0.05) is 56.1 Å². The number of nitro groups is 1. The molecule has 4 aromatic rings. The SMILES string of the molecule is Cc1cc(N(C)CCN(C)C)c([N+](=O)[O-])cc1Nc1ncc(C(=O)OC(C)C)c(-c2cn3c4c(cccc24)CCC3)n1. The Kier molecular flexibility index (Phi) is 8.13. The molecule has 0 bridgehead atoms. The maximum Gasteiger partial charge on any atom is 0.342 e. The highest BCUT2D eigenvalue weighted by atomic mass is 16.6. The van der Waals surface area contributed by atoms with Gasteiger partial charge in [0.05, 0.1) is 27.9 Å². The van der Waals surface area contributed by atoms with Crippen molar-refractivity contribution in [1.29, 1.82) is 0 Å². The number of ether oxygens (including phenoxy) is 1. The van der Waals surface area contributed by atoms with Crippen LogP contribution in [0.3, 0.4) is 0 Å². The van der Waals surface area contributed by atoms with Gasteiger partial charge in [-0.3, -0.25) is 10.1 Å². The van der Waals surface area contributed by atoms with Gasteiger partial charge >= 0.3 is 5.97 Å². The van der Waals surface area contributed by atoms with Gasteiger partial charge in [0.15, 0.2) is 0 Å². The number of benzene rings is 2. The van der Waals surface area contributed by atoms with Crippen LogP contribution in [0.1, 0.15) is 41.8 Å². The van der Waals surface area contributed by atoms with Gasteiger partial charge in [-0.05, 0) is 64.9 Å². The number of carbonyl (C=O) groups is 1. The molecule has 0 saturated carbocycles. The van der Waals surface area contributed by atoms with Crippen molar-refractivity contribution in [3.8, 4) is 11.3 Å². The molecular weight excluding hydrogens is 534 g/mol. The number of anilines is 3. The number of carbonyl (C=O) groups excluding carboxylic acids is 1. The van der Waals surface area contributed by atoms with Gasteiger partial charge in [-0.25, -0.2) is 14.8 Å². The maximum atomic E-state index is 13.2. The Morgan fingerprint density at radius 1 is 1.21 bits per heavy atom. The van der Waals surface area contributed by atoms with E-state index in [1.807, 2.05) is 56.2 Å². The Labute approximate surface area is 245 Å². The van der Waals surface area contributed by atoms with Gasteiger partial charge < -0.3 is 24.4 Å². The van der Waals surface area contributed by atoms with Gasteiger partial charge in [0.1, 0.15) is 11.3 Å². The van der Waals surface area contributed by atoms with Crippen LogP contribution in [0.5, 0.6) is 0 Å². The van der Waals surface area contributed by atoms with E-state index in [1.54, 1.807) is 19.9 Å². The number of para-hydroxylation sites is 1. The highest BCUT2D eigenvalue weighted by Gasteiger charge is 2.25. The van der Waals surface area contributed by atoms with Crippen LogP contribution in [0.4, 0.5) is 23.0 Å². The average molecular weight is 572 g/mol. The van der Waals surface area contributed by atoms with E-state index in [0.29, 0.717) is 23.6 Å². The standard InChI is InChI=1S/C31H37N7O4/c1-19(2)42-30(39)23-17-32-31(34-28(23)24-18-37-12-8-10-21-9-7-11-22(24)29(21)37)33-25-16-27(38(40)41)26(15-20(25)3)36(6)14-13-35(4)5/h7,9,11,15-19H,8,10,12-14H2,1-6H3,(H,32,33,34). The predicted octanol–water partition coefficient (Wildman–Crippen LogP) is 5.57. The molecule has 11 heteroatoms. The van der Waals surface area contributed by atoms with E-state index < -0.39 is 5.97 Å². The molecule has 0 spiro atoms. The molecule has 3 heterocycles. The summed E-state index contributed by atoms with van der Waals surface area (Å²) in [7, 11) is 5.78. The number of likely N-dealkylation sites (N-methyl/N-ethyl adjacent to an activating group) is 2. The molecule has 0 aliphatic carbocycles. The van der Waals surface area contributed by atoms with Crippen molar-refractivity contribution in [2.75, 3.05) is 44.4 Å². The zero-order chi connectivity index (χ0) is 30.1. The number of aromatic nitrogens is 3. The Morgan fingerprint density at radius 2 is 2.00 bits per heavy atom. The first-order chi connectivity index (χ1) is 20.0. The molecule has 11 nitrogen and oxygen atoms in total. The van der Waals surface area contributed by atoms with Crippen molar-refractivity contribution in [2.45, 2.75) is 46.3 Å². The molecule has 2 aromatic carbocycles. The number of rotatable bonds is 10. The maximum absolute atomic E-state index is 13.2. The number of nitrogens with zero attached hydrogens (tertiary/aromatic N) is 6. The summed E-state index contributed by atoms with van der Waals surface area (Å²) in [6, 6.07) is 9.53. The summed E-state index contributed by atoms with van der Waals surface area (Å²) in [4.78, 5) is 38.0. The lowest BCUT2D eigenvalue weighted by atomic mass is 10.0. The lowest BCUT2D eigenvalue weighted by Crippen LogP contribution is -2.29. The van der Waals surface area contributed by atoms with Gasteiger partial charge in [-0.2, -0.15) is 0 Å². The summed E-state index contributed by atoms with van der Waals surface area (Å²) in [5, 5.41) is 16.3. The Bertz CT molecular complexity index is 1660. The molecule has 5 rings (SSSR count). The molecule has 0 atom stereocenters. The Hall–Kier alpha value is -4.51. The molecule has 0 fully saturated rings. The van der Waals surface area contributed by atoms with Crippen LogP contribution in [0.2, 0.25) is 0 Å². The largest absolute Gasteiger partial charge is 0.459 e. The zero-order valence-corrected chi connectivity index (χ0v) is 25.0. The highest BCUT2D eigenvalue weighted by molar-refractivity contribution is 6.03. The van der Waals surface area contributed by atoms with Crippen LogP contribution in [0.15, 0.2) is 42.7 Å². The number of nitro benzene ring substituents is 1. The average Bonchev–Trinajstić information content (AvgIpc) is 3.32. The fourth-order valence-electron chi connectivity index (χ4n) is 5.38. The molecule has 0 radical (unpaired) electrons. The second kappa shape index (κ2) is 11.8. The van der Waals surface area contributed by atoms with E-state index in [2.05, 4.69) is 20.9 Å². The number of hydrogen-bond acceptors (Lipinski definition) is 9. The van der Waals surface area contributed by atoms with Crippen molar-refractivity contribution in [2.24, 2.45) is 0 Å². The summed E-state index contributed by atoms with van der Waals surface area (Å²) < 4.78 is 7.76. The van der Waals surface area contributed by atoms with E-state index in [0.717, 1.165) is 48.0 Å². The van der Waals surface area contributed by atoms with Crippen LogP contribution in [0.25, 0.3) is 22.2 Å². The van der Waals surface area contributed by atoms with Gasteiger partial charge in [0.2, 0.25) is 5.95 Å². The van der Waals surface area contributed by atoms with Gasteiger partial charge in [0.25, 0.3) is 5.69 Å². The van der Waals surface area contributed by atoms with Crippen LogP contribution in [-0.2, 0) is 17.7 Å². The lowest BCUT2D eigenvalue weighted by molar-refractivity contribution is -0.384. The first kappa shape index (κ1) is 29.0. The minimum absolute atomic E-state index is 0.0179. The molecule has 42 heavy (non-hydrogen) atoms. The fraction of sp³-hybridized carbons (Fsp3) is 0.387. The van der Waals surface area contributed by atoms with Crippen LogP contribution in [0, 0.1) is 17.0 Å². The first-order valence-electron chi connectivity index (χ1n) is 14.1. The molecule has 2 aromatic heterocycles. The zero-order valence-electron chi connectivity index (χ0n) is 25.0. The smallest absolute Gasteiger partial charge is 0.342 e. The van der Waals surface area contributed by atoms with Crippen molar-refractivity contribution >= 4 is 39.9 Å². The topological polar surface area (TPSA) is 119 Å². The number of esters is 1. The van der Waals surface area contributed by atoms with Gasteiger partial charge in [-0.15, -0.1) is 0 Å². The number of nitrogens with one attached hydrogen (secondary N) is 1. The number of hydrogen-bond donors (Lipinski definition) is 1. The third-order valence-electron chi connectivity index (χ3n) is 7.49. The van der Waals surface area contributed by atoms with E-state index in [-0.39, 0.29) is 28.2 Å². The molecule has 0 unspecified atom stereocenters. The normalized spacial score (nSPS) is 12.7. The summed E-state index contributed by atoms with van der Waals surface area (Å²) in [6.07, 6.45) is 5.24. The molecule has 1 aliphatic heterocycles. The monoisotopic (exact) mass is 571 g/mol.